The van der Waals surface area contributed by atoms with Crippen LogP contribution in [-0.2, 0) is 14.3 Å². The minimum absolute atomic E-state index is 0.0721. The molecule has 6 atom stereocenters. The Labute approximate surface area is 477 Å². The van der Waals surface area contributed by atoms with Gasteiger partial charge in [-0.3, -0.25) is 14.6 Å². The molecule has 1 aliphatic carbocycles. The highest BCUT2D eigenvalue weighted by atomic mass is 32.1. The topological polar surface area (TPSA) is 238 Å². The molecule has 0 radical (unpaired) electrons. The highest BCUT2D eigenvalue weighted by Crippen LogP contribution is 2.41. The number of likely N-dealkylation sites (tertiary alicyclic amines) is 2. The number of β-amino-alcohol motifs (C(OH)–C–C–N with tert-alkyl or cyclic N) is 1. The summed E-state index contributed by atoms with van der Waals surface area (Å²) >= 11 is 1.54. The van der Waals surface area contributed by atoms with Gasteiger partial charge in [-0.1, -0.05) is 37.2 Å². The van der Waals surface area contributed by atoms with Crippen molar-refractivity contribution < 1.29 is 33.8 Å². The van der Waals surface area contributed by atoms with Gasteiger partial charge in [-0.15, -0.1) is 21.5 Å². The van der Waals surface area contributed by atoms with Crippen molar-refractivity contribution in [1.82, 2.24) is 45.4 Å². The Morgan fingerprint density at radius 1 is 0.840 bits per heavy atom. The first kappa shape index (κ1) is 54.6. The Balaban J connectivity index is 0.564. The van der Waals surface area contributed by atoms with Crippen molar-refractivity contribution >= 4 is 46.2 Å². The van der Waals surface area contributed by atoms with E-state index in [4.69, 9.17) is 19.7 Å². The van der Waals surface area contributed by atoms with Gasteiger partial charge < -0.3 is 59.8 Å². The van der Waals surface area contributed by atoms with Crippen molar-refractivity contribution in [2.45, 2.75) is 140 Å². The van der Waals surface area contributed by atoms with Crippen LogP contribution >= 0.6 is 11.3 Å². The number of aryl methyl sites for hydroxylation is 1. The quantitative estimate of drug-likeness (QED) is 0.0697. The summed E-state index contributed by atoms with van der Waals surface area (Å²) in [6.07, 6.45) is 11.5. The fourth-order valence-corrected chi connectivity index (χ4v) is 14.0. The number of ether oxygens (including phenoxy) is 2. The largest absolute Gasteiger partial charge is 0.507 e. The monoisotopic (exact) mass is 1120 g/mol. The van der Waals surface area contributed by atoms with Crippen molar-refractivity contribution in [2.75, 3.05) is 72.8 Å². The molecule has 5 aromatic heterocycles. The number of nitrogens with two attached hydrogens (primary N) is 1. The first-order chi connectivity index (χ1) is 39.3. The highest BCUT2D eigenvalue weighted by Gasteiger charge is 2.45. The molecule has 2 bridgehead atoms. The van der Waals surface area contributed by atoms with Crippen LogP contribution in [0, 0.1) is 18.8 Å². The number of pyridine rings is 2. The molecule has 5 N–H and O–H groups in total. The van der Waals surface area contributed by atoms with Gasteiger partial charge in [0.15, 0.2) is 17.4 Å². The number of phenols is 1. The SMILES string of the molecule is Cc1ncsc1-c1ccc([C@H](C)NC(=O)[C@@H]2C[C@@H](O)CN2C(=O)[C@@H](c2cc(N3CCC(CN4CCC(OC5CC(Oc6cc(N7C8CCC7CN(c7cc(-c9ccccc9O)nnc7N)C8)ccn6)C5)CC4)CC3)no2)C(C)C)cn1. The van der Waals surface area contributed by atoms with Crippen LogP contribution in [0.2, 0.25) is 0 Å². The van der Waals surface area contributed by atoms with Crippen molar-refractivity contribution in [3.63, 3.8) is 0 Å². The molecule has 6 aliphatic rings. The number of fused-ring (bicyclic) bond motifs is 2. The number of anilines is 4. The maximum atomic E-state index is 14.4. The smallest absolute Gasteiger partial charge is 0.243 e. The summed E-state index contributed by atoms with van der Waals surface area (Å²) in [6.45, 7) is 14.3. The van der Waals surface area contributed by atoms with E-state index in [0.717, 1.165) is 136 Å². The molecule has 428 valence electrons. The first-order valence-electron chi connectivity index (χ1n) is 29.1. The number of thiazole rings is 1. The number of carbonyl (C=O) groups is 2. The van der Waals surface area contributed by atoms with Crippen molar-refractivity contribution in [1.29, 1.82) is 0 Å². The number of aliphatic hydroxyl groups excluding tert-OH is 1. The summed E-state index contributed by atoms with van der Waals surface area (Å²) in [5, 5.41) is 37.4. The van der Waals surface area contributed by atoms with Gasteiger partial charge in [-0.2, -0.15) is 0 Å². The van der Waals surface area contributed by atoms with Crippen molar-refractivity contribution in [3.8, 4) is 33.5 Å². The van der Waals surface area contributed by atoms with E-state index >= 15 is 0 Å². The Hall–Kier alpha value is -6.94. The van der Waals surface area contributed by atoms with Gasteiger partial charge in [0.05, 0.1) is 57.5 Å². The first-order valence-corrected chi connectivity index (χ1v) is 30.0. The van der Waals surface area contributed by atoms with Gasteiger partial charge in [0.1, 0.15) is 23.8 Å². The lowest BCUT2D eigenvalue weighted by Crippen LogP contribution is -2.54. The standard InChI is InChI=1S/C60H75N13O7S/c1-35(2)56(60(77)72-33-43(74)24-51(72)59(76)65-36(3)39-9-12-48(63-29-39)57-37(4)64-34-81-57)53-28-54(68-80-53)70-21-14-38(15-22-70)30-69-19-16-44(17-20-69)78-45-25-46(26-45)79-55-23-40(13-18-62-55)73-41-10-11-42(73)32-71(31-41)50-27-49(66-67-58(50)61)47-7-5-6-8-52(47)75/h5-9,12-13,18,23,27-29,34-36,38,41-46,51,56,74-75H,10-11,14-17,19-22,24-26,30-33H2,1-4H3,(H2,61,67)(H,65,76)/t36-,41?,42?,43+,45?,46?,51-,56+/m0/s1. The van der Waals surface area contributed by atoms with Gasteiger partial charge in [-0.25, -0.2) is 9.97 Å². The number of piperidine rings is 2. The lowest BCUT2D eigenvalue weighted by molar-refractivity contribution is -0.141. The number of nitrogens with one attached hydrogen (secondary N) is 1. The number of phenolic OH excluding ortho intramolecular Hbond substituents is 1. The Morgan fingerprint density at radius 3 is 2.33 bits per heavy atom. The molecule has 5 saturated heterocycles. The lowest BCUT2D eigenvalue weighted by atomic mass is 9.91. The average Bonchev–Trinajstić information content (AvgIpc) is 4.28. The van der Waals surface area contributed by atoms with Crippen molar-refractivity contribution in [2.24, 2.45) is 11.8 Å². The van der Waals surface area contributed by atoms with Crippen LogP contribution in [0.15, 0.2) is 83.1 Å². The van der Waals surface area contributed by atoms with Crippen LogP contribution in [-0.4, -0.2) is 157 Å². The van der Waals surface area contributed by atoms with E-state index in [1.807, 2.05) is 70.3 Å². The van der Waals surface area contributed by atoms with Crippen LogP contribution in [0.1, 0.15) is 108 Å². The van der Waals surface area contributed by atoms with E-state index in [-0.39, 0.29) is 60.8 Å². The normalized spacial score (nSPS) is 24.4. The fraction of sp³-hybridized carbons (Fsp3) is 0.533. The second-order valence-electron chi connectivity index (χ2n) is 23.6. The second-order valence-corrected chi connectivity index (χ2v) is 24.5. The molecular formula is C60H75N13O7S. The number of aromatic nitrogens is 6. The Kier molecular flexibility index (Phi) is 15.9. The molecule has 2 amide bonds. The molecule has 2 unspecified atom stereocenters. The van der Waals surface area contributed by atoms with Gasteiger partial charge in [0.25, 0.3) is 0 Å². The molecule has 10 heterocycles. The second kappa shape index (κ2) is 23.5. The van der Waals surface area contributed by atoms with Crippen molar-refractivity contribution in [3.05, 3.63) is 95.6 Å². The molecular weight excluding hydrogens is 1050 g/mol. The van der Waals surface area contributed by atoms with Crippen LogP contribution in [0.4, 0.5) is 23.0 Å². The average molecular weight is 1120 g/mol. The molecule has 0 spiro atoms. The number of nitrogen functional groups attached to an aromatic ring is 1. The zero-order valence-corrected chi connectivity index (χ0v) is 47.5. The molecule has 81 heavy (non-hydrogen) atoms. The third-order valence-corrected chi connectivity index (χ3v) is 18.7. The summed E-state index contributed by atoms with van der Waals surface area (Å²) < 4.78 is 19.0. The minimum Gasteiger partial charge on any atom is -0.507 e. The number of para-hydroxylation sites is 1. The Morgan fingerprint density at radius 2 is 1.62 bits per heavy atom. The number of nitrogens with zero attached hydrogens (tertiary/aromatic N) is 11. The molecule has 6 fully saturated rings. The van der Waals surface area contributed by atoms with Gasteiger partial charge in [-0.05, 0) is 100 Å². The maximum absolute atomic E-state index is 14.4. The zero-order valence-electron chi connectivity index (χ0n) is 46.7. The minimum atomic E-state index is -0.821. The third-order valence-electron chi connectivity index (χ3n) is 17.8. The fourth-order valence-electron chi connectivity index (χ4n) is 13.2. The summed E-state index contributed by atoms with van der Waals surface area (Å²) in [5.41, 5.74) is 14.0. The number of piperazine rings is 1. The number of amides is 2. The van der Waals surface area contributed by atoms with Gasteiger partial charge >= 0.3 is 0 Å². The molecule has 20 nitrogen and oxygen atoms in total. The van der Waals surface area contributed by atoms with E-state index < -0.39 is 18.1 Å². The number of rotatable bonds is 17. The van der Waals surface area contributed by atoms with E-state index in [1.165, 1.54) is 16.2 Å². The van der Waals surface area contributed by atoms with E-state index in [0.29, 0.717) is 46.7 Å². The molecule has 12 rings (SSSR count). The number of aliphatic hydroxyl groups is 1. The number of benzene rings is 1. The highest BCUT2D eigenvalue weighted by molar-refractivity contribution is 7.13. The lowest BCUT2D eigenvalue weighted by Gasteiger charge is -2.43. The van der Waals surface area contributed by atoms with E-state index in [9.17, 15) is 19.8 Å². The summed E-state index contributed by atoms with van der Waals surface area (Å²) in [4.78, 5) is 54.0. The Bertz CT molecular complexity index is 3140. The molecule has 1 saturated carbocycles. The third kappa shape index (κ3) is 11.8. The van der Waals surface area contributed by atoms with Crippen LogP contribution in [0.25, 0.3) is 21.8 Å². The summed E-state index contributed by atoms with van der Waals surface area (Å²) in [7, 11) is 0. The van der Waals surface area contributed by atoms with Gasteiger partial charge in [0.2, 0.25) is 17.7 Å². The predicted octanol–water partition coefficient (Wildman–Crippen LogP) is 7.39. The molecule has 1 aromatic carbocycles. The van der Waals surface area contributed by atoms with Crippen LogP contribution < -0.4 is 30.5 Å². The zero-order chi connectivity index (χ0) is 55.9. The van der Waals surface area contributed by atoms with Crippen LogP contribution in [0.3, 0.4) is 0 Å². The van der Waals surface area contributed by atoms with Crippen LogP contribution in [0.5, 0.6) is 11.6 Å². The number of aromatic hydroxyl groups is 1. The predicted molar refractivity (Wildman–Crippen MR) is 309 cm³/mol. The molecule has 21 heteroatoms. The number of hydrogen-bond donors (Lipinski definition) is 4. The number of hydrogen-bond acceptors (Lipinski definition) is 19. The van der Waals surface area contributed by atoms with E-state index in [1.54, 1.807) is 23.8 Å². The summed E-state index contributed by atoms with van der Waals surface area (Å²) in [6, 6.07) is 18.5. The molecule has 6 aromatic rings. The van der Waals surface area contributed by atoms with E-state index in [2.05, 4.69) is 67.4 Å². The summed E-state index contributed by atoms with van der Waals surface area (Å²) in [5.74, 6) is 1.64. The number of carbonyl (C=O) groups excluding carboxylic acids is 2. The van der Waals surface area contributed by atoms with Gasteiger partial charge in [0, 0.05) is 119 Å². The maximum Gasteiger partial charge on any atom is 0.243 e. The molecule has 5 aliphatic heterocycles.